The van der Waals surface area contributed by atoms with Crippen LogP contribution in [0.2, 0.25) is 0 Å². The molecule has 2 heterocycles. The highest BCUT2D eigenvalue weighted by Gasteiger charge is 2.11. The fourth-order valence-electron chi connectivity index (χ4n) is 2.03. The van der Waals surface area contributed by atoms with Crippen LogP contribution in [0.25, 0.3) is 11.5 Å². The van der Waals surface area contributed by atoms with Gasteiger partial charge >= 0.3 is 5.97 Å². The molecule has 0 aliphatic rings. The average molecular weight is 313 g/mol. The Labute approximate surface area is 132 Å². The quantitative estimate of drug-likeness (QED) is 0.650. The van der Waals surface area contributed by atoms with Crippen molar-refractivity contribution in [3.05, 3.63) is 60.0 Å². The maximum absolute atomic E-state index is 11.8. The minimum atomic E-state index is -0.335. The maximum atomic E-state index is 11.8. The van der Waals surface area contributed by atoms with E-state index in [1.54, 1.807) is 43.7 Å². The summed E-state index contributed by atoms with van der Waals surface area (Å²) < 4.78 is 20.6. The molecule has 23 heavy (non-hydrogen) atoms. The number of hydrogen-bond acceptors (Lipinski definition) is 6. The van der Waals surface area contributed by atoms with Crippen molar-refractivity contribution in [1.29, 1.82) is 0 Å². The molecular formula is C17H15NO5. The van der Waals surface area contributed by atoms with Crippen LogP contribution in [0.1, 0.15) is 11.3 Å². The molecule has 0 saturated carbocycles. The number of benzene rings is 1. The molecule has 0 atom stereocenters. The molecular weight excluding hydrogens is 298 g/mol. The minimum Gasteiger partial charge on any atom is -0.497 e. The number of carbonyl (C=O) groups excluding carboxylic acids is 1. The van der Waals surface area contributed by atoms with Crippen LogP contribution in [0.4, 0.5) is 0 Å². The molecule has 2 aromatic heterocycles. The number of methoxy groups -OCH3 is 1. The van der Waals surface area contributed by atoms with Crippen LogP contribution in [-0.2, 0) is 22.6 Å². The van der Waals surface area contributed by atoms with E-state index >= 15 is 0 Å². The lowest BCUT2D eigenvalue weighted by Gasteiger charge is -2.04. The van der Waals surface area contributed by atoms with Crippen molar-refractivity contribution >= 4 is 5.97 Å². The van der Waals surface area contributed by atoms with Gasteiger partial charge in [-0.25, -0.2) is 0 Å². The van der Waals surface area contributed by atoms with Gasteiger partial charge in [-0.05, 0) is 29.8 Å². The van der Waals surface area contributed by atoms with Crippen LogP contribution < -0.4 is 4.74 Å². The smallest absolute Gasteiger partial charge is 0.310 e. The lowest BCUT2D eigenvalue weighted by atomic mass is 10.1. The summed E-state index contributed by atoms with van der Waals surface area (Å²) in [7, 11) is 1.60. The fraction of sp³-hybridized carbons (Fsp3) is 0.176. The number of furan rings is 1. The highest BCUT2D eigenvalue weighted by atomic mass is 16.5. The molecule has 0 aliphatic carbocycles. The van der Waals surface area contributed by atoms with E-state index < -0.39 is 0 Å². The molecule has 0 aliphatic heterocycles. The van der Waals surface area contributed by atoms with Gasteiger partial charge in [0.1, 0.15) is 18.1 Å². The SMILES string of the molecule is COc1ccc(CC(=O)OCc2cc(-c3ccco3)on2)cc1. The van der Waals surface area contributed by atoms with E-state index in [2.05, 4.69) is 5.16 Å². The van der Waals surface area contributed by atoms with Gasteiger partial charge in [-0.1, -0.05) is 17.3 Å². The number of aromatic nitrogens is 1. The zero-order valence-corrected chi connectivity index (χ0v) is 12.5. The summed E-state index contributed by atoms with van der Waals surface area (Å²) in [4.78, 5) is 11.8. The zero-order valence-electron chi connectivity index (χ0n) is 12.5. The third-order valence-corrected chi connectivity index (χ3v) is 3.21. The van der Waals surface area contributed by atoms with Crippen LogP contribution in [-0.4, -0.2) is 18.2 Å². The molecule has 3 aromatic rings. The van der Waals surface area contributed by atoms with E-state index in [1.807, 2.05) is 12.1 Å². The van der Waals surface area contributed by atoms with Gasteiger partial charge in [0, 0.05) is 6.07 Å². The second kappa shape index (κ2) is 6.83. The second-order valence-electron chi connectivity index (χ2n) is 4.85. The molecule has 0 unspecified atom stereocenters. The fourth-order valence-corrected chi connectivity index (χ4v) is 2.03. The van der Waals surface area contributed by atoms with Crippen molar-refractivity contribution in [2.24, 2.45) is 0 Å². The van der Waals surface area contributed by atoms with Crippen molar-refractivity contribution in [1.82, 2.24) is 5.16 Å². The number of ether oxygens (including phenoxy) is 2. The Bertz CT molecular complexity index is 759. The van der Waals surface area contributed by atoms with E-state index in [4.69, 9.17) is 18.4 Å². The Morgan fingerprint density at radius 1 is 1.17 bits per heavy atom. The Morgan fingerprint density at radius 2 is 2.00 bits per heavy atom. The van der Waals surface area contributed by atoms with E-state index in [0.717, 1.165) is 11.3 Å². The molecule has 0 bridgehead atoms. The van der Waals surface area contributed by atoms with E-state index in [9.17, 15) is 4.79 Å². The number of rotatable bonds is 6. The van der Waals surface area contributed by atoms with Gasteiger partial charge in [-0.3, -0.25) is 4.79 Å². The Kier molecular flexibility index (Phi) is 4.42. The van der Waals surface area contributed by atoms with Crippen molar-refractivity contribution in [3.63, 3.8) is 0 Å². The van der Waals surface area contributed by atoms with Crippen molar-refractivity contribution < 1.29 is 23.2 Å². The molecule has 0 spiro atoms. The Hall–Kier alpha value is -3.02. The lowest BCUT2D eigenvalue weighted by molar-refractivity contribution is -0.144. The normalized spacial score (nSPS) is 10.5. The highest BCUT2D eigenvalue weighted by molar-refractivity contribution is 5.72. The highest BCUT2D eigenvalue weighted by Crippen LogP contribution is 2.20. The summed E-state index contributed by atoms with van der Waals surface area (Å²) >= 11 is 0. The standard InChI is InChI=1S/C17H15NO5/c1-20-14-6-4-12(5-7-14)9-17(19)22-11-13-10-16(23-18-13)15-3-2-8-21-15/h2-8,10H,9,11H2,1H3. The van der Waals surface area contributed by atoms with Gasteiger partial charge < -0.3 is 18.4 Å². The number of esters is 1. The molecule has 6 nitrogen and oxygen atoms in total. The lowest BCUT2D eigenvalue weighted by Crippen LogP contribution is -2.08. The molecule has 0 fully saturated rings. The summed E-state index contributed by atoms with van der Waals surface area (Å²) in [5.74, 6) is 1.48. The van der Waals surface area contributed by atoms with Gasteiger partial charge in [-0.2, -0.15) is 0 Å². The largest absolute Gasteiger partial charge is 0.497 e. The van der Waals surface area contributed by atoms with E-state index in [1.165, 1.54) is 0 Å². The van der Waals surface area contributed by atoms with Crippen LogP contribution in [0.5, 0.6) is 5.75 Å². The van der Waals surface area contributed by atoms with Gasteiger partial charge in [0.25, 0.3) is 0 Å². The maximum Gasteiger partial charge on any atom is 0.310 e. The zero-order chi connectivity index (χ0) is 16.1. The molecule has 3 rings (SSSR count). The van der Waals surface area contributed by atoms with Crippen LogP contribution in [0, 0.1) is 0 Å². The predicted molar refractivity (Wildman–Crippen MR) is 80.7 cm³/mol. The molecule has 0 N–H and O–H groups in total. The second-order valence-corrected chi connectivity index (χ2v) is 4.85. The first-order valence-corrected chi connectivity index (χ1v) is 7.02. The molecule has 0 radical (unpaired) electrons. The predicted octanol–water partition coefficient (Wildman–Crippen LogP) is 3.23. The number of hydrogen-bond donors (Lipinski definition) is 0. The van der Waals surface area contributed by atoms with Gasteiger partial charge in [0.05, 0.1) is 19.8 Å². The summed E-state index contributed by atoms with van der Waals surface area (Å²) in [6.07, 6.45) is 1.74. The average Bonchev–Trinajstić information content (AvgIpc) is 3.25. The summed E-state index contributed by atoms with van der Waals surface area (Å²) in [5.41, 5.74) is 1.38. The molecule has 0 amide bonds. The first kappa shape index (κ1) is 14.9. The van der Waals surface area contributed by atoms with Crippen molar-refractivity contribution in [3.8, 4) is 17.3 Å². The topological polar surface area (TPSA) is 74.7 Å². The van der Waals surface area contributed by atoms with Crippen molar-refractivity contribution in [2.75, 3.05) is 7.11 Å². The van der Waals surface area contributed by atoms with Gasteiger partial charge in [0.15, 0.2) is 5.76 Å². The molecule has 0 saturated heterocycles. The summed E-state index contributed by atoms with van der Waals surface area (Å²) in [6.45, 7) is 0.0548. The minimum absolute atomic E-state index is 0.0548. The van der Waals surface area contributed by atoms with E-state index in [-0.39, 0.29) is 19.0 Å². The molecule has 6 heteroatoms. The monoisotopic (exact) mass is 313 g/mol. The first-order valence-electron chi connectivity index (χ1n) is 7.02. The van der Waals surface area contributed by atoms with Gasteiger partial charge in [-0.15, -0.1) is 0 Å². The molecule has 118 valence electrons. The van der Waals surface area contributed by atoms with Crippen LogP contribution in [0.15, 0.2) is 57.7 Å². The first-order chi connectivity index (χ1) is 11.2. The Balaban J connectivity index is 1.52. The summed E-state index contributed by atoms with van der Waals surface area (Å²) in [5, 5.41) is 3.85. The van der Waals surface area contributed by atoms with Crippen molar-refractivity contribution in [2.45, 2.75) is 13.0 Å². The van der Waals surface area contributed by atoms with Crippen LogP contribution in [0.3, 0.4) is 0 Å². The van der Waals surface area contributed by atoms with Crippen LogP contribution >= 0.6 is 0 Å². The third-order valence-electron chi connectivity index (χ3n) is 3.21. The number of nitrogens with zero attached hydrogens (tertiary/aromatic N) is 1. The Morgan fingerprint density at radius 3 is 2.70 bits per heavy atom. The number of carbonyl (C=O) groups is 1. The third kappa shape index (κ3) is 3.79. The summed E-state index contributed by atoms with van der Waals surface area (Å²) in [6, 6.07) is 12.5. The molecule has 1 aromatic carbocycles. The van der Waals surface area contributed by atoms with E-state index in [0.29, 0.717) is 17.2 Å². The van der Waals surface area contributed by atoms with Gasteiger partial charge in [0.2, 0.25) is 5.76 Å².